The number of aryl methyl sites for hydroxylation is 2. The molecule has 2 saturated carbocycles. The van der Waals surface area contributed by atoms with E-state index in [0.717, 1.165) is 113 Å². The van der Waals surface area contributed by atoms with Gasteiger partial charge in [-0.3, -0.25) is 8.80 Å². The molecular weight excluding hydrogens is 1050 g/mol. The van der Waals surface area contributed by atoms with Crippen LogP contribution in [0.15, 0.2) is 82.2 Å². The molecule has 382 valence electrons. The molecule has 0 amide bonds. The van der Waals surface area contributed by atoms with E-state index >= 15 is 0 Å². The maximum atomic E-state index is 12.7. The number of aromatic nitrogens is 6. The Bertz CT molecular complexity index is 2830. The number of fused-ring (bicyclic) bond motifs is 2. The normalized spacial score (nSPS) is 19.9. The van der Waals surface area contributed by atoms with Crippen molar-refractivity contribution in [1.82, 2.24) is 33.5 Å². The Kier molecular flexibility index (Phi) is 18.0. The minimum absolute atomic E-state index is 0.184. The van der Waals surface area contributed by atoms with Crippen molar-refractivity contribution >= 4 is 97.5 Å². The lowest BCUT2D eigenvalue weighted by Gasteiger charge is -2.44. The molecule has 6 heterocycles. The van der Waals surface area contributed by atoms with Crippen LogP contribution in [-0.2, 0) is 11.0 Å². The average molecular weight is 1120 g/mol. The largest absolute Gasteiger partial charge is 0.490 e. The third-order valence-corrected chi connectivity index (χ3v) is 18.3. The van der Waals surface area contributed by atoms with Gasteiger partial charge >= 0.3 is 7.12 Å². The fourth-order valence-electron chi connectivity index (χ4n) is 10.6. The lowest BCUT2D eigenvalue weighted by Crippen LogP contribution is -2.51. The molecule has 6 aromatic rings. The number of halogens is 4. The van der Waals surface area contributed by atoms with Crippen molar-refractivity contribution in [2.45, 2.75) is 116 Å². The lowest BCUT2D eigenvalue weighted by molar-refractivity contribution is 0.187. The average Bonchev–Trinajstić information content (AvgIpc) is 4.18. The van der Waals surface area contributed by atoms with Gasteiger partial charge in [-0.25, -0.2) is 28.9 Å². The van der Waals surface area contributed by atoms with Crippen LogP contribution in [0.25, 0.3) is 22.4 Å². The first-order valence-corrected chi connectivity index (χ1v) is 27.0. The summed E-state index contributed by atoms with van der Waals surface area (Å²) < 4.78 is 21.1. The second-order valence-corrected chi connectivity index (χ2v) is 23.8. The highest BCUT2D eigenvalue weighted by Gasteiger charge is 2.47. The van der Waals surface area contributed by atoms with E-state index in [1.54, 1.807) is 12.1 Å². The quantitative estimate of drug-likeness (QED) is 0.0400. The summed E-state index contributed by atoms with van der Waals surface area (Å²) in [7, 11) is -2.58. The summed E-state index contributed by atoms with van der Waals surface area (Å²) in [5.41, 5.74) is 13.0. The zero-order valence-electron chi connectivity index (χ0n) is 40.9. The summed E-state index contributed by atoms with van der Waals surface area (Å²) >= 11 is 21.3. The van der Waals surface area contributed by atoms with E-state index in [4.69, 9.17) is 60.6 Å². The summed E-state index contributed by atoms with van der Waals surface area (Å²) in [5, 5.41) is 24.0. The molecule has 23 heteroatoms. The summed E-state index contributed by atoms with van der Waals surface area (Å²) in [6.07, 6.45) is 19.5. The van der Waals surface area contributed by atoms with E-state index in [1.165, 1.54) is 38.2 Å². The van der Waals surface area contributed by atoms with Crippen molar-refractivity contribution in [3.8, 4) is 11.1 Å². The summed E-state index contributed by atoms with van der Waals surface area (Å²) in [5.74, 6) is 10.7. The zero-order valence-corrected chi connectivity index (χ0v) is 45.6. The number of piperidine rings is 2. The number of hydrogen-bond acceptors (Lipinski definition) is 12. The van der Waals surface area contributed by atoms with Gasteiger partial charge in [-0.15, -0.1) is 0 Å². The van der Waals surface area contributed by atoms with Gasteiger partial charge < -0.3 is 37.3 Å². The highest BCUT2D eigenvalue weighted by Crippen LogP contribution is 2.48. The number of nitrogens with one attached hydrogen (secondary N) is 1. The monoisotopic (exact) mass is 1110 g/mol. The van der Waals surface area contributed by atoms with Gasteiger partial charge in [0.2, 0.25) is 11.9 Å². The highest BCUT2D eigenvalue weighted by atomic mass is 79.9. The van der Waals surface area contributed by atoms with Crippen LogP contribution < -0.4 is 37.4 Å². The first kappa shape index (κ1) is 54.7. The number of nitrogens with two attached hydrogens (primary N) is 3. The van der Waals surface area contributed by atoms with E-state index in [0.29, 0.717) is 22.5 Å². The molecule has 71 heavy (non-hydrogen) atoms. The minimum Gasteiger partial charge on any atom is -0.423 e. The van der Waals surface area contributed by atoms with Crippen LogP contribution in [0, 0.1) is 24.7 Å². The number of nitrogens with zero attached hydrogens (tertiary/aromatic N) is 10. The van der Waals surface area contributed by atoms with Gasteiger partial charge in [0.15, 0.2) is 5.65 Å². The molecule has 0 radical (unpaired) electrons. The van der Waals surface area contributed by atoms with Crippen molar-refractivity contribution in [1.29, 1.82) is 0 Å². The van der Waals surface area contributed by atoms with Crippen LogP contribution in [0.2, 0.25) is 15.1 Å². The highest BCUT2D eigenvalue weighted by molar-refractivity contribution is 9.10. The predicted molar refractivity (Wildman–Crippen MR) is 291 cm³/mol. The van der Waals surface area contributed by atoms with Crippen LogP contribution in [-0.4, -0.2) is 93.1 Å². The summed E-state index contributed by atoms with van der Waals surface area (Å²) in [6.45, 7) is 14.1. The Morgan fingerprint density at radius 1 is 0.775 bits per heavy atom. The molecule has 2 aliphatic heterocycles. The predicted octanol–water partition coefficient (Wildman–Crippen LogP) is 8.31. The summed E-state index contributed by atoms with van der Waals surface area (Å²) in [6, 6.07) is 13.3. The van der Waals surface area contributed by atoms with Gasteiger partial charge in [0.1, 0.15) is 5.65 Å². The number of benzene rings is 2. The Labute approximate surface area is 442 Å². The van der Waals surface area contributed by atoms with Gasteiger partial charge in [0.25, 0.3) is 0 Å². The second-order valence-electron chi connectivity index (χ2n) is 19.8. The van der Waals surface area contributed by atoms with Crippen LogP contribution in [0.4, 0.5) is 11.9 Å². The Morgan fingerprint density at radius 2 is 1.31 bits per heavy atom. The van der Waals surface area contributed by atoms with Gasteiger partial charge in [-0.1, -0.05) is 88.4 Å². The molecular formula is C48H65BBrCl3N14O3S. The third-order valence-electron chi connectivity index (χ3n) is 14.6. The van der Waals surface area contributed by atoms with E-state index in [2.05, 4.69) is 78.3 Å². The first-order chi connectivity index (χ1) is 33.8. The molecule has 4 fully saturated rings. The maximum absolute atomic E-state index is 12.7. The molecule has 4 aromatic heterocycles. The number of imidazole rings is 2. The SMILES string of the molecule is Cc1nc(N2CCC3(CCC[C@H]3N)CC2)n2ccnc2c1-c1ccccc1Cl.Cc1nc(N2CCC3(CCC[C@H]3N[S@](=O)C(C)(C)C)CC2)n2ccnc2c1Br.N/N=N/N.OB(O)c1cccc(Cl)c1Cl. The van der Waals surface area contributed by atoms with Crippen LogP contribution >= 0.6 is 50.7 Å². The fraction of sp³-hybridized carbons (Fsp3) is 0.500. The topological polar surface area (TPSA) is 239 Å². The number of hydrogen-bond donors (Lipinski definition) is 6. The van der Waals surface area contributed by atoms with Gasteiger partial charge in [0.05, 0.1) is 41.6 Å². The molecule has 17 nitrogen and oxygen atoms in total. The minimum atomic E-state index is -1.57. The Morgan fingerprint density at radius 3 is 1.86 bits per heavy atom. The van der Waals surface area contributed by atoms with Crippen molar-refractivity contribution in [3.63, 3.8) is 0 Å². The van der Waals surface area contributed by atoms with Crippen molar-refractivity contribution in [2.24, 2.45) is 38.7 Å². The van der Waals surface area contributed by atoms with Crippen LogP contribution in [0.1, 0.15) is 96.4 Å². The zero-order chi connectivity index (χ0) is 51.3. The van der Waals surface area contributed by atoms with Crippen LogP contribution in [0.3, 0.4) is 0 Å². The Hall–Kier alpha value is -4.12. The maximum Gasteiger partial charge on any atom is 0.490 e. The van der Waals surface area contributed by atoms with Crippen molar-refractivity contribution in [3.05, 3.63) is 98.2 Å². The third kappa shape index (κ3) is 12.0. The van der Waals surface area contributed by atoms with E-state index in [-0.39, 0.29) is 20.6 Å². The number of rotatable bonds is 6. The molecule has 9 N–H and O–H groups in total. The summed E-state index contributed by atoms with van der Waals surface area (Å²) in [4.78, 5) is 23.8. The first-order valence-electron chi connectivity index (χ1n) is 24.0. The second kappa shape index (κ2) is 23.4. The van der Waals surface area contributed by atoms with Crippen molar-refractivity contribution in [2.75, 3.05) is 36.0 Å². The lowest BCUT2D eigenvalue weighted by atomic mass is 9.74. The Balaban J connectivity index is 0.000000163. The molecule has 2 spiro atoms. The van der Waals surface area contributed by atoms with Gasteiger partial charge in [-0.2, -0.15) is 0 Å². The molecule has 2 aromatic carbocycles. The van der Waals surface area contributed by atoms with E-state index < -0.39 is 18.1 Å². The van der Waals surface area contributed by atoms with Crippen molar-refractivity contribution < 1.29 is 14.3 Å². The molecule has 2 saturated heterocycles. The molecule has 10 rings (SSSR count). The van der Waals surface area contributed by atoms with Crippen LogP contribution in [0.5, 0.6) is 0 Å². The van der Waals surface area contributed by atoms with Gasteiger partial charge in [0, 0.05) is 84.7 Å². The smallest absolute Gasteiger partial charge is 0.423 e. The molecule has 3 atom stereocenters. The standard InChI is InChI=1S/C22H26ClN5.C20H30BrN5OS.C6H5BCl2O2.H4N4/c1-15-19(16-5-2-3-6-17(16)23)20-25-11-14-28(20)21(26-15)27-12-9-22(10-13-27)8-4-7-18(22)24;1-14-16(21)17-22-10-13-26(17)18(23-14)25-11-8-20(9-12-25)7-5-6-15(20)24-28(27)19(2,3)4;8-5-3-1-2-4(6(5)9)7(10)11;1-3-4-2/h2-3,5-6,11,14,18H,4,7-10,12-13,24H2,1H3;10,13,15,24H,5-9,11-12H2,1-4H3;1-3,10-11H;(H2,1,4)(H2,2,3)/t18-;15-,28-;;/m11../s1. The van der Waals surface area contributed by atoms with E-state index in [9.17, 15) is 4.21 Å². The van der Waals surface area contributed by atoms with E-state index in [1.807, 2.05) is 76.7 Å². The fourth-order valence-corrected chi connectivity index (χ4v) is 12.6. The molecule has 4 aliphatic rings. The molecule has 2 aliphatic carbocycles. The molecule has 0 bridgehead atoms. The molecule has 0 unspecified atom stereocenters. The number of anilines is 2. The van der Waals surface area contributed by atoms with Gasteiger partial charge in [-0.05, 0) is 125 Å².